The highest BCUT2D eigenvalue weighted by Crippen LogP contribution is 2.23. The van der Waals surface area contributed by atoms with E-state index in [9.17, 15) is 9.59 Å². The van der Waals surface area contributed by atoms with Crippen LogP contribution in [-0.4, -0.2) is 29.4 Å². The molecule has 0 radical (unpaired) electrons. The molecule has 0 unspecified atom stereocenters. The van der Waals surface area contributed by atoms with E-state index < -0.39 is 11.9 Å². The maximum absolute atomic E-state index is 11.7. The Hall–Kier alpha value is -2.28. The number of ether oxygens (including phenoxy) is 1. The van der Waals surface area contributed by atoms with Gasteiger partial charge in [-0.3, -0.25) is 9.59 Å². The van der Waals surface area contributed by atoms with Crippen molar-refractivity contribution >= 4 is 29.5 Å². The average Bonchev–Trinajstić information content (AvgIpc) is 2.91. The number of aromatic nitrogens is 1. The van der Waals surface area contributed by atoms with Gasteiger partial charge in [0, 0.05) is 11.0 Å². The number of carbonyl (C=O) groups excluding carboxylic acids is 2. The van der Waals surface area contributed by atoms with E-state index in [-0.39, 0.29) is 12.4 Å². The Kier molecular flexibility index (Phi) is 5.81. The molecule has 2 rings (SSSR count). The van der Waals surface area contributed by atoms with Crippen molar-refractivity contribution in [1.82, 2.24) is 5.16 Å². The van der Waals surface area contributed by atoms with Gasteiger partial charge >= 0.3 is 5.97 Å². The van der Waals surface area contributed by atoms with Gasteiger partial charge in [0.1, 0.15) is 5.76 Å². The van der Waals surface area contributed by atoms with E-state index in [2.05, 4.69) is 10.5 Å². The molecule has 23 heavy (non-hydrogen) atoms. The third-order valence-corrected chi connectivity index (χ3v) is 4.08. The Morgan fingerprint density at radius 2 is 2.04 bits per heavy atom. The summed E-state index contributed by atoms with van der Waals surface area (Å²) >= 11 is 1.39. The van der Waals surface area contributed by atoms with Crippen LogP contribution in [0.4, 0.5) is 5.82 Å². The number of esters is 1. The number of nitrogens with one attached hydrogen (secondary N) is 1. The third kappa shape index (κ3) is 5.45. The third-order valence-electron chi connectivity index (χ3n) is 2.95. The molecule has 1 aromatic heterocycles. The second kappa shape index (κ2) is 7.82. The molecule has 6 nitrogen and oxygen atoms in total. The second-order valence-corrected chi connectivity index (χ2v) is 6.11. The molecule has 1 amide bonds. The number of hydrogen-bond donors (Lipinski definition) is 1. The Bertz CT molecular complexity index is 712. The van der Waals surface area contributed by atoms with Crippen molar-refractivity contribution in [2.75, 3.05) is 17.7 Å². The van der Waals surface area contributed by atoms with E-state index in [0.717, 1.165) is 16.0 Å². The van der Waals surface area contributed by atoms with E-state index in [1.54, 1.807) is 13.0 Å². The van der Waals surface area contributed by atoms with E-state index in [1.807, 2.05) is 32.0 Å². The molecule has 0 aliphatic heterocycles. The lowest BCUT2D eigenvalue weighted by atomic mass is 10.2. The minimum absolute atomic E-state index is 0.153. The van der Waals surface area contributed by atoms with Crippen LogP contribution in [0.2, 0.25) is 0 Å². The summed E-state index contributed by atoms with van der Waals surface area (Å²) in [6.07, 6.45) is 0. The number of rotatable bonds is 6. The van der Waals surface area contributed by atoms with Crippen molar-refractivity contribution in [2.45, 2.75) is 25.7 Å². The normalized spacial score (nSPS) is 10.4. The zero-order valence-corrected chi connectivity index (χ0v) is 14.0. The van der Waals surface area contributed by atoms with Crippen LogP contribution < -0.4 is 5.32 Å². The van der Waals surface area contributed by atoms with Crippen molar-refractivity contribution in [3.05, 3.63) is 41.2 Å². The molecule has 0 saturated carbocycles. The van der Waals surface area contributed by atoms with Crippen LogP contribution >= 0.6 is 11.8 Å². The van der Waals surface area contributed by atoms with Gasteiger partial charge < -0.3 is 14.6 Å². The highest BCUT2D eigenvalue weighted by Gasteiger charge is 2.11. The molecule has 122 valence electrons. The summed E-state index contributed by atoms with van der Waals surface area (Å²) in [4.78, 5) is 24.4. The molecular formula is C16H18N2O4S. The molecule has 1 aromatic carbocycles. The Labute approximate surface area is 138 Å². The van der Waals surface area contributed by atoms with Crippen LogP contribution in [0.5, 0.6) is 0 Å². The molecule has 0 spiro atoms. The van der Waals surface area contributed by atoms with Gasteiger partial charge in [0.2, 0.25) is 0 Å². The summed E-state index contributed by atoms with van der Waals surface area (Å²) in [5, 5.41) is 6.11. The minimum atomic E-state index is -0.455. The first-order chi connectivity index (χ1) is 10.9. The van der Waals surface area contributed by atoms with Crippen molar-refractivity contribution in [3.63, 3.8) is 0 Å². The van der Waals surface area contributed by atoms with Crippen LogP contribution in [0.25, 0.3) is 0 Å². The largest absolute Gasteiger partial charge is 0.455 e. The summed E-state index contributed by atoms with van der Waals surface area (Å²) in [6, 6.07) is 7.63. The smallest absolute Gasteiger partial charge is 0.316 e. The van der Waals surface area contributed by atoms with Gasteiger partial charge in [-0.15, -0.1) is 11.8 Å². The minimum Gasteiger partial charge on any atom is -0.455 e. The summed E-state index contributed by atoms with van der Waals surface area (Å²) in [5.74, 6) is 0.141. The molecule has 1 heterocycles. The van der Waals surface area contributed by atoms with Crippen molar-refractivity contribution in [3.8, 4) is 0 Å². The first-order valence-electron chi connectivity index (χ1n) is 7.03. The number of anilines is 1. The van der Waals surface area contributed by atoms with E-state index >= 15 is 0 Å². The first-order valence-corrected chi connectivity index (χ1v) is 8.01. The highest BCUT2D eigenvalue weighted by molar-refractivity contribution is 8.00. The topological polar surface area (TPSA) is 81.4 Å². The number of carbonyl (C=O) groups is 2. The maximum atomic E-state index is 11.7. The standard InChI is InChI=1S/C16H18N2O4S/c1-10-4-5-11(2)13(6-10)23-9-16(20)21-8-15(19)17-14-7-12(3)22-18-14/h4-7H,8-9H2,1-3H3,(H,17,18,19). The maximum Gasteiger partial charge on any atom is 0.316 e. The van der Waals surface area contributed by atoms with Gasteiger partial charge in [0.15, 0.2) is 12.4 Å². The van der Waals surface area contributed by atoms with Crippen molar-refractivity contribution in [1.29, 1.82) is 0 Å². The molecule has 0 aliphatic rings. The monoisotopic (exact) mass is 334 g/mol. The van der Waals surface area contributed by atoms with Crippen LogP contribution in [0.1, 0.15) is 16.9 Å². The molecule has 0 fully saturated rings. The van der Waals surface area contributed by atoms with E-state index in [4.69, 9.17) is 9.26 Å². The Morgan fingerprint density at radius 1 is 1.26 bits per heavy atom. The summed E-state index contributed by atoms with van der Waals surface area (Å²) in [7, 11) is 0. The molecule has 7 heteroatoms. The molecule has 0 aliphatic carbocycles. The predicted octanol–water partition coefficient (Wildman–Crippen LogP) is 2.87. The quantitative estimate of drug-likeness (QED) is 0.646. The predicted molar refractivity (Wildman–Crippen MR) is 87.5 cm³/mol. The van der Waals surface area contributed by atoms with Gasteiger partial charge in [0.25, 0.3) is 5.91 Å². The number of hydrogen-bond acceptors (Lipinski definition) is 6. The van der Waals surface area contributed by atoms with Gasteiger partial charge in [-0.1, -0.05) is 22.9 Å². The summed E-state index contributed by atoms with van der Waals surface area (Å²) < 4.78 is 9.77. The lowest BCUT2D eigenvalue weighted by Crippen LogP contribution is -2.21. The van der Waals surface area contributed by atoms with Crippen molar-refractivity contribution in [2.24, 2.45) is 0 Å². The zero-order chi connectivity index (χ0) is 16.8. The molecule has 0 atom stereocenters. The van der Waals surface area contributed by atoms with E-state index in [0.29, 0.717) is 11.6 Å². The Balaban J connectivity index is 1.74. The summed E-state index contributed by atoms with van der Waals surface area (Å²) in [6.45, 7) is 5.35. The van der Waals surface area contributed by atoms with Crippen molar-refractivity contribution < 1.29 is 18.8 Å². The first kappa shape index (κ1) is 17.1. The SMILES string of the molecule is Cc1ccc(C)c(SCC(=O)OCC(=O)Nc2cc(C)on2)c1. The average molecular weight is 334 g/mol. The number of benzene rings is 1. The fourth-order valence-electron chi connectivity index (χ4n) is 1.79. The lowest BCUT2D eigenvalue weighted by molar-refractivity contribution is -0.144. The van der Waals surface area contributed by atoms with Crippen LogP contribution in [0.15, 0.2) is 33.7 Å². The summed E-state index contributed by atoms with van der Waals surface area (Å²) in [5.41, 5.74) is 2.24. The van der Waals surface area contributed by atoms with Gasteiger partial charge in [-0.2, -0.15) is 0 Å². The zero-order valence-electron chi connectivity index (χ0n) is 13.2. The van der Waals surface area contributed by atoms with E-state index in [1.165, 1.54) is 11.8 Å². The lowest BCUT2D eigenvalue weighted by Gasteiger charge is -2.07. The number of nitrogens with zero attached hydrogens (tertiary/aromatic N) is 1. The highest BCUT2D eigenvalue weighted by atomic mass is 32.2. The fraction of sp³-hybridized carbons (Fsp3) is 0.312. The number of aryl methyl sites for hydroxylation is 3. The van der Waals surface area contributed by atoms with Gasteiger partial charge in [-0.05, 0) is 32.4 Å². The van der Waals surface area contributed by atoms with Gasteiger partial charge in [0.05, 0.1) is 5.75 Å². The molecule has 0 bridgehead atoms. The number of amides is 1. The molecule has 0 saturated heterocycles. The molecular weight excluding hydrogens is 316 g/mol. The Morgan fingerprint density at radius 3 is 2.74 bits per heavy atom. The fourth-order valence-corrected chi connectivity index (χ4v) is 2.71. The second-order valence-electron chi connectivity index (χ2n) is 5.09. The van der Waals surface area contributed by atoms with Crippen LogP contribution in [0, 0.1) is 20.8 Å². The number of thioether (sulfide) groups is 1. The van der Waals surface area contributed by atoms with Crippen LogP contribution in [0.3, 0.4) is 0 Å². The van der Waals surface area contributed by atoms with Crippen LogP contribution in [-0.2, 0) is 14.3 Å². The molecule has 1 N–H and O–H groups in total. The van der Waals surface area contributed by atoms with Gasteiger partial charge in [-0.25, -0.2) is 0 Å². The molecule has 2 aromatic rings.